The standard InChI is InChI=1S/C19H21N5O/c1-19(2)6-11-7-21-24-16(11)17-15(19)13-5-10(3-4-14(13)23-17)18(25)22-12-8-20-9-12/h3-5,7,12,20,23H,6,8-9H2,1-2H3,(H,21,24)(H,22,25). The average molecular weight is 335 g/mol. The molecule has 0 unspecified atom stereocenters. The Morgan fingerprint density at radius 2 is 2.16 bits per heavy atom. The largest absolute Gasteiger partial charge is 0.353 e. The Kier molecular flexibility index (Phi) is 2.92. The van der Waals surface area contributed by atoms with Crippen LogP contribution in [0.2, 0.25) is 0 Å². The normalized spacial score (nSPS) is 18.5. The number of carbonyl (C=O) groups excluding carboxylic acids is 1. The van der Waals surface area contributed by atoms with Crippen LogP contribution < -0.4 is 10.6 Å². The molecule has 1 aliphatic carbocycles. The van der Waals surface area contributed by atoms with E-state index >= 15 is 0 Å². The quantitative estimate of drug-likeness (QED) is 0.578. The molecule has 0 bridgehead atoms. The monoisotopic (exact) mass is 335 g/mol. The van der Waals surface area contributed by atoms with Gasteiger partial charge in [0.05, 0.1) is 11.7 Å². The molecule has 5 rings (SSSR count). The number of benzene rings is 1. The fourth-order valence-corrected chi connectivity index (χ4v) is 4.10. The maximum atomic E-state index is 12.5. The predicted molar refractivity (Wildman–Crippen MR) is 96.7 cm³/mol. The van der Waals surface area contributed by atoms with Crippen LogP contribution >= 0.6 is 0 Å². The van der Waals surface area contributed by atoms with Crippen LogP contribution in [0.5, 0.6) is 0 Å². The van der Waals surface area contributed by atoms with Gasteiger partial charge in [-0.25, -0.2) is 0 Å². The number of carbonyl (C=O) groups is 1. The molecule has 3 aromatic rings. The van der Waals surface area contributed by atoms with Crippen molar-refractivity contribution in [2.24, 2.45) is 0 Å². The zero-order chi connectivity index (χ0) is 17.2. The minimum absolute atomic E-state index is 0.00239. The number of hydrogen-bond donors (Lipinski definition) is 4. The van der Waals surface area contributed by atoms with E-state index in [0.717, 1.165) is 41.8 Å². The summed E-state index contributed by atoms with van der Waals surface area (Å²) in [5.74, 6) is -0.00239. The average Bonchev–Trinajstić information content (AvgIpc) is 3.13. The molecular weight excluding hydrogens is 314 g/mol. The smallest absolute Gasteiger partial charge is 0.251 e. The number of hydrogen-bond acceptors (Lipinski definition) is 3. The van der Waals surface area contributed by atoms with E-state index in [1.807, 2.05) is 24.4 Å². The van der Waals surface area contributed by atoms with Gasteiger partial charge in [0, 0.05) is 41.3 Å². The first-order chi connectivity index (χ1) is 12.0. The van der Waals surface area contributed by atoms with Crippen molar-refractivity contribution in [3.8, 4) is 11.4 Å². The molecule has 0 atom stereocenters. The van der Waals surface area contributed by atoms with Crippen molar-refractivity contribution in [2.75, 3.05) is 13.1 Å². The van der Waals surface area contributed by atoms with Crippen LogP contribution in [0, 0.1) is 0 Å². The molecule has 2 aromatic heterocycles. The van der Waals surface area contributed by atoms with Crippen molar-refractivity contribution < 1.29 is 4.79 Å². The van der Waals surface area contributed by atoms with Crippen molar-refractivity contribution in [3.05, 3.63) is 41.1 Å². The molecule has 6 heteroatoms. The number of aromatic nitrogens is 3. The number of amides is 1. The van der Waals surface area contributed by atoms with E-state index in [4.69, 9.17) is 0 Å². The number of aromatic amines is 2. The second-order valence-electron chi connectivity index (χ2n) is 7.78. The first-order valence-corrected chi connectivity index (χ1v) is 8.74. The molecule has 0 radical (unpaired) electrons. The highest BCUT2D eigenvalue weighted by atomic mass is 16.1. The van der Waals surface area contributed by atoms with Crippen molar-refractivity contribution in [1.82, 2.24) is 25.8 Å². The lowest BCUT2D eigenvalue weighted by atomic mass is 9.73. The number of H-pyrrole nitrogens is 2. The summed E-state index contributed by atoms with van der Waals surface area (Å²) >= 11 is 0. The second-order valence-corrected chi connectivity index (χ2v) is 7.78. The van der Waals surface area contributed by atoms with Crippen LogP contribution in [-0.2, 0) is 11.8 Å². The lowest BCUT2D eigenvalue weighted by Gasteiger charge is -2.30. The molecule has 1 aromatic carbocycles. The lowest BCUT2D eigenvalue weighted by molar-refractivity contribution is 0.0924. The molecule has 1 aliphatic heterocycles. The van der Waals surface area contributed by atoms with Crippen LogP contribution in [0.25, 0.3) is 22.3 Å². The third kappa shape index (κ3) is 2.14. The predicted octanol–water partition coefficient (Wildman–Crippen LogP) is 2.09. The van der Waals surface area contributed by atoms with Gasteiger partial charge >= 0.3 is 0 Å². The van der Waals surface area contributed by atoms with Gasteiger partial charge in [-0.2, -0.15) is 5.10 Å². The number of nitrogens with one attached hydrogen (secondary N) is 4. The Balaban J connectivity index is 1.64. The van der Waals surface area contributed by atoms with E-state index in [2.05, 4.69) is 39.7 Å². The fourth-order valence-electron chi connectivity index (χ4n) is 4.10. The molecule has 1 saturated heterocycles. The van der Waals surface area contributed by atoms with Crippen LogP contribution in [0.4, 0.5) is 0 Å². The number of fused-ring (bicyclic) bond motifs is 5. The summed E-state index contributed by atoms with van der Waals surface area (Å²) in [5.41, 5.74) is 6.31. The van der Waals surface area contributed by atoms with Gasteiger partial charge < -0.3 is 15.6 Å². The summed E-state index contributed by atoms with van der Waals surface area (Å²) in [6, 6.07) is 6.16. The van der Waals surface area contributed by atoms with Crippen LogP contribution in [-0.4, -0.2) is 40.2 Å². The van der Waals surface area contributed by atoms with Gasteiger partial charge in [-0.05, 0) is 35.6 Å². The van der Waals surface area contributed by atoms with Gasteiger partial charge in [0.1, 0.15) is 5.69 Å². The molecule has 128 valence electrons. The maximum absolute atomic E-state index is 12.5. The molecule has 1 fully saturated rings. The maximum Gasteiger partial charge on any atom is 0.251 e. The number of rotatable bonds is 2. The molecule has 25 heavy (non-hydrogen) atoms. The van der Waals surface area contributed by atoms with Gasteiger partial charge in [-0.3, -0.25) is 9.89 Å². The first kappa shape index (κ1) is 14.7. The summed E-state index contributed by atoms with van der Waals surface area (Å²) in [5, 5.41) is 14.8. The summed E-state index contributed by atoms with van der Waals surface area (Å²) in [4.78, 5) is 16.1. The minimum Gasteiger partial charge on any atom is -0.353 e. The van der Waals surface area contributed by atoms with Crippen molar-refractivity contribution in [2.45, 2.75) is 31.7 Å². The Hall–Kier alpha value is -2.60. The third-order valence-corrected chi connectivity index (χ3v) is 5.44. The molecular formula is C19H21N5O. The van der Waals surface area contributed by atoms with E-state index in [-0.39, 0.29) is 17.4 Å². The summed E-state index contributed by atoms with van der Waals surface area (Å²) in [6.07, 6.45) is 2.92. The Morgan fingerprint density at radius 1 is 1.32 bits per heavy atom. The van der Waals surface area contributed by atoms with E-state index in [0.29, 0.717) is 5.56 Å². The molecule has 1 amide bonds. The zero-order valence-corrected chi connectivity index (χ0v) is 14.4. The van der Waals surface area contributed by atoms with Crippen molar-refractivity contribution in [1.29, 1.82) is 0 Å². The number of nitrogens with zero attached hydrogens (tertiary/aromatic N) is 1. The highest BCUT2D eigenvalue weighted by molar-refractivity contribution is 6.01. The Bertz CT molecular complexity index is 993. The van der Waals surface area contributed by atoms with Crippen molar-refractivity contribution >= 4 is 16.8 Å². The topological polar surface area (TPSA) is 85.6 Å². The SMILES string of the molecule is CC1(C)Cc2c[nH]nc2-c2[nH]c3ccc(C(=O)NC4CNC4)cc3c21. The molecule has 0 spiro atoms. The summed E-state index contributed by atoms with van der Waals surface area (Å²) in [7, 11) is 0. The highest BCUT2D eigenvalue weighted by Crippen LogP contribution is 2.45. The fraction of sp³-hybridized carbons (Fsp3) is 0.368. The molecule has 0 saturated carbocycles. The van der Waals surface area contributed by atoms with Crippen LogP contribution in [0.1, 0.15) is 35.3 Å². The molecule has 2 aliphatic rings. The van der Waals surface area contributed by atoms with E-state index in [1.165, 1.54) is 11.1 Å². The van der Waals surface area contributed by atoms with Gasteiger partial charge in [-0.1, -0.05) is 13.8 Å². The van der Waals surface area contributed by atoms with Crippen molar-refractivity contribution in [3.63, 3.8) is 0 Å². The van der Waals surface area contributed by atoms with Gasteiger partial charge in [0.2, 0.25) is 0 Å². The zero-order valence-electron chi connectivity index (χ0n) is 14.4. The lowest BCUT2D eigenvalue weighted by Crippen LogP contribution is -2.56. The first-order valence-electron chi connectivity index (χ1n) is 8.74. The van der Waals surface area contributed by atoms with Gasteiger partial charge in [0.25, 0.3) is 5.91 Å². The highest BCUT2D eigenvalue weighted by Gasteiger charge is 2.35. The van der Waals surface area contributed by atoms with Crippen LogP contribution in [0.3, 0.4) is 0 Å². The summed E-state index contributed by atoms with van der Waals surface area (Å²) in [6.45, 7) is 6.20. The van der Waals surface area contributed by atoms with Gasteiger partial charge in [-0.15, -0.1) is 0 Å². The van der Waals surface area contributed by atoms with Crippen LogP contribution in [0.15, 0.2) is 24.4 Å². The van der Waals surface area contributed by atoms with E-state index in [9.17, 15) is 4.79 Å². The molecule has 4 N–H and O–H groups in total. The molecule has 3 heterocycles. The minimum atomic E-state index is -0.0164. The molecule has 6 nitrogen and oxygen atoms in total. The second kappa shape index (κ2) is 4.95. The third-order valence-electron chi connectivity index (χ3n) is 5.44. The van der Waals surface area contributed by atoms with E-state index in [1.54, 1.807) is 0 Å². The summed E-state index contributed by atoms with van der Waals surface area (Å²) < 4.78 is 0. The van der Waals surface area contributed by atoms with Gasteiger partial charge in [0.15, 0.2) is 0 Å². The Labute approximate surface area is 145 Å². The Morgan fingerprint density at radius 3 is 2.92 bits per heavy atom. The van der Waals surface area contributed by atoms with E-state index < -0.39 is 0 Å².